The Labute approximate surface area is 171 Å². The van der Waals surface area contributed by atoms with Gasteiger partial charge in [-0.25, -0.2) is 4.79 Å². The van der Waals surface area contributed by atoms with Gasteiger partial charge in [0, 0.05) is 12.6 Å². The number of nitrogens with one attached hydrogen (secondary N) is 1. The second kappa shape index (κ2) is 8.91. The lowest BCUT2D eigenvalue weighted by Gasteiger charge is -2.44. The summed E-state index contributed by atoms with van der Waals surface area (Å²) in [5.41, 5.74) is 0.627. The molecule has 0 saturated carbocycles. The fraction of sp³-hybridized carbons (Fsp3) is 0.429. The van der Waals surface area contributed by atoms with Crippen molar-refractivity contribution in [3.63, 3.8) is 0 Å². The number of carboxylic acid groups (broad SMARTS) is 1. The average Bonchev–Trinajstić information content (AvgIpc) is 2.73. The minimum Gasteiger partial charge on any atom is -0.496 e. The number of hydrogen-bond donors (Lipinski definition) is 2. The first-order valence-electron chi connectivity index (χ1n) is 9.59. The Morgan fingerprint density at radius 3 is 2.17 bits per heavy atom. The smallest absolute Gasteiger partial charge is 0.490 e. The summed E-state index contributed by atoms with van der Waals surface area (Å²) in [6.07, 6.45) is -2.69. The summed E-state index contributed by atoms with van der Waals surface area (Å²) >= 11 is 0. The summed E-state index contributed by atoms with van der Waals surface area (Å²) in [6.45, 7) is 3.33. The first kappa shape index (κ1) is 21.9. The molecule has 1 amide bonds. The second-order valence-electron chi connectivity index (χ2n) is 7.42. The maximum absolute atomic E-state index is 12.8. The number of aliphatic carboxylic acids is 1. The lowest BCUT2D eigenvalue weighted by Crippen LogP contribution is -2.57. The SMILES string of the molecule is COc1cc2ccccc2cc1C(=O)N[C@@H]1CN2CCC1CC2.O=C(O)C(F)(F)F. The van der Waals surface area contributed by atoms with Gasteiger partial charge in [0.05, 0.1) is 12.7 Å². The first-order valence-corrected chi connectivity index (χ1v) is 9.59. The molecule has 3 aliphatic rings. The molecule has 0 radical (unpaired) electrons. The van der Waals surface area contributed by atoms with Crippen LogP contribution in [0.2, 0.25) is 0 Å². The standard InChI is InChI=1S/C19H22N2O2.C2HF3O2/c1-23-18-11-15-5-3-2-4-14(15)10-16(18)19(22)20-17-12-21-8-6-13(17)7-9-21;3-2(4,5)1(6)7/h2-5,10-11,13,17H,6-9,12H2,1H3,(H,20,22);(H,6,7)/t17-;/m1./s1. The number of fused-ring (bicyclic) bond motifs is 4. The number of carboxylic acids is 1. The molecule has 1 atom stereocenters. The molecule has 9 heteroatoms. The third-order valence-electron chi connectivity index (χ3n) is 5.53. The fourth-order valence-electron chi connectivity index (χ4n) is 3.94. The summed E-state index contributed by atoms with van der Waals surface area (Å²) in [5.74, 6) is -1.52. The quantitative estimate of drug-likeness (QED) is 0.791. The predicted molar refractivity (Wildman–Crippen MR) is 105 cm³/mol. The number of benzene rings is 2. The molecule has 30 heavy (non-hydrogen) atoms. The Morgan fingerprint density at radius 1 is 1.13 bits per heavy atom. The molecular formula is C21H23F3N2O4. The van der Waals surface area contributed by atoms with Gasteiger partial charge in [-0.05, 0) is 54.8 Å². The monoisotopic (exact) mass is 424 g/mol. The number of carbonyl (C=O) groups excluding carboxylic acids is 1. The summed E-state index contributed by atoms with van der Waals surface area (Å²) < 4.78 is 37.2. The van der Waals surface area contributed by atoms with Crippen LogP contribution >= 0.6 is 0 Å². The molecule has 0 unspecified atom stereocenters. The van der Waals surface area contributed by atoms with E-state index in [1.165, 1.54) is 25.9 Å². The van der Waals surface area contributed by atoms with Crippen LogP contribution in [0.5, 0.6) is 5.75 Å². The van der Waals surface area contributed by atoms with Crippen molar-refractivity contribution < 1.29 is 32.6 Å². The first-order chi connectivity index (χ1) is 14.2. The van der Waals surface area contributed by atoms with Crippen LogP contribution in [0.15, 0.2) is 36.4 Å². The number of rotatable bonds is 3. The van der Waals surface area contributed by atoms with Gasteiger partial charge in [-0.1, -0.05) is 24.3 Å². The van der Waals surface area contributed by atoms with Crippen LogP contribution in [0.4, 0.5) is 13.2 Å². The van der Waals surface area contributed by atoms with E-state index < -0.39 is 12.1 Å². The minimum atomic E-state index is -5.08. The van der Waals surface area contributed by atoms with E-state index in [0.29, 0.717) is 17.2 Å². The van der Waals surface area contributed by atoms with Gasteiger partial charge in [0.1, 0.15) is 5.75 Å². The molecule has 0 aromatic heterocycles. The highest BCUT2D eigenvalue weighted by atomic mass is 19.4. The van der Waals surface area contributed by atoms with E-state index in [1.807, 2.05) is 36.4 Å². The van der Waals surface area contributed by atoms with Gasteiger partial charge in [0.25, 0.3) is 5.91 Å². The van der Waals surface area contributed by atoms with Crippen molar-refractivity contribution in [1.82, 2.24) is 10.2 Å². The molecule has 3 heterocycles. The third kappa shape index (κ3) is 5.02. The van der Waals surface area contributed by atoms with Gasteiger partial charge in [0.2, 0.25) is 0 Å². The average molecular weight is 424 g/mol. The normalized spacial score (nSPS) is 22.7. The Bertz CT molecular complexity index is 924. The van der Waals surface area contributed by atoms with Gasteiger partial charge in [0.15, 0.2) is 0 Å². The van der Waals surface area contributed by atoms with E-state index in [0.717, 1.165) is 17.3 Å². The maximum Gasteiger partial charge on any atom is 0.490 e. The topological polar surface area (TPSA) is 78.9 Å². The lowest BCUT2D eigenvalue weighted by atomic mass is 9.84. The van der Waals surface area contributed by atoms with Crippen molar-refractivity contribution in [3.8, 4) is 5.75 Å². The van der Waals surface area contributed by atoms with Crippen LogP contribution in [0.3, 0.4) is 0 Å². The van der Waals surface area contributed by atoms with Gasteiger partial charge >= 0.3 is 12.1 Å². The molecule has 2 aromatic rings. The molecule has 162 valence electrons. The number of halogens is 3. The van der Waals surface area contributed by atoms with Crippen LogP contribution < -0.4 is 10.1 Å². The fourth-order valence-corrected chi connectivity index (χ4v) is 3.94. The van der Waals surface area contributed by atoms with Crippen LogP contribution in [-0.2, 0) is 4.79 Å². The summed E-state index contributed by atoms with van der Waals surface area (Å²) in [6, 6.07) is 12.2. The van der Waals surface area contributed by atoms with Crippen molar-refractivity contribution in [1.29, 1.82) is 0 Å². The Balaban J connectivity index is 0.000000318. The van der Waals surface area contributed by atoms with Crippen molar-refractivity contribution in [2.75, 3.05) is 26.7 Å². The molecule has 5 rings (SSSR count). The molecular weight excluding hydrogens is 401 g/mol. The van der Waals surface area contributed by atoms with E-state index in [2.05, 4.69) is 10.2 Å². The van der Waals surface area contributed by atoms with E-state index in [1.54, 1.807) is 7.11 Å². The zero-order chi connectivity index (χ0) is 21.9. The number of alkyl halides is 3. The highest BCUT2D eigenvalue weighted by Gasteiger charge is 2.38. The van der Waals surface area contributed by atoms with Crippen LogP contribution in [-0.4, -0.2) is 60.8 Å². The summed E-state index contributed by atoms with van der Waals surface area (Å²) in [5, 5.41) is 12.5. The van der Waals surface area contributed by atoms with E-state index in [-0.39, 0.29) is 11.9 Å². The number of methoxy groups -OCH3 is 1. The number of ether oxygens (including phenoxy) is 1. The number of hydrogen-bond acceptors (Lipinski definition) is 4. The second-order valence-corrected chi connectivity index (χ2v) is 7.42. The zero-order valence-electron chi connectivity index (χ0n) is 16.4. The van der Waals surface area contributed by atoms with Crippen LogP contribution in [0, 0.1) is 5.92 Å². The molecule has 2 aromatic carbocycles. The van der Waals surface area contributed by atoms with Gasteiger partial charge in [-0.15, -0.1) is 0 Å². The number of carbonyl (C=O) groups is 2. The van der Waals surface area contributed by atoms with Crippen LogP contribution in [0.1, 0.15) is 23.2 Å². The summed E-state index contributed by atoms with van der Waals surface area (Å²) in [7, 11) is 1.62. The minimum absolute atomic E-state index is 0.0219. The van der Waals surface area contributed by atoms with Crippen molar-refractivity contribution in [2.24, 2.45) is 5.92 Å². The molecule has 2 bridgehead atoms. The lowest BCUT2D eigenvalue weighted by molar-refractivity contribution is -0.192. The van der Waals surface area contributed by atoms with Crippen molar-refractivity contribution in [2.45, 2.75) is 25.1 Å². The molecule has 0 spiro atoms. The zero-order valence-corrected chi connectivity index (χ0v) is 16.4. The van der Waals surface area contributed by atoms with Gasteiger partial charge in [-0.2, -0.15) is 13.2 Å². The largest absolute Gasteiger partial charge is 0.496 e. The number of piperidine rings is 3. The van der Waals surface area contributed by atoms with E-state index in [4.69, 9.17) is 14.6 Å². The molecule has 3 fully saturated rings. The molecule has 3 saturated heterocycles. The van der Waals surface area contributed by atoms with Crippen LogP contribution in [0.25, 0.3) is 10.8 Å². The number of amides is 1. The molecule has 3 aliphatic heterocycles. The van der Waals surface area contributed by atoms with Crippen molar-refractivity contribution >= 4 is 22.6 Å². The Morgan fingerprint density at radius 2 is 1.70 bits per heavy atom. The van der Waals surface area contributed by atoms with Crippen molar-refractivity contribution in [3.05, 3.63) is 42.0 Å². The predicted octanol–water partition coefficient (Wildman–Crippen LogP) is 3.31. The van der Waals surface area contributed by atoms with Gasteiger partial charge < -0.3 is 20.1 Å². The summed E-state index contributed by atoms with van der Waals surface area (Å²) in [4.78, 5) is 24.1. The third-order valence-corrected chi connectivity index (χ3v) is 5.53. The Kier molecular flexibility index (Phi) is 6.50. The Hall–Kier alpha value is -2.81. The molecule has 6 nitrogen and oxygen atoms in total. The van der Waals surface area contributed by atoms with E-state index >= 15 is 0 Å². The molecule has 0 aliphatic carbocycles. The van der Waals surface area contributed by atoms with Gasteiger partial charge in [-0.3, -0.25) is 4.79 Å². The van der Waals surface area contributed by atoms with E-state index in [9.17, 15) is 18.0 Å². The highest BCUT2D eigenvalue weighted by molar-refractivity contribution is 6.01. The maximum atomic E-state index is 12.8. The highest BCUT2D eigenvalue weighted by Crippen LogP contribution is 2.29. The number of nitrogens with zero attached hydrogens (tertiary/aromatic N) is 1. The molecule has 2 N–H and O–H groups in total.